The first-order chi connectivity index (χ1) is 8.06. The zero-order valence-electron chi connectivity index (χ0n) is 9.63. The second kappa shape index (κ2) is 4.71. The van der Waals surface area contributed by atoms with Gasteiger partial charge in [0.05, 0.1) is 24.3 Å². The van der Waals surface area contributed by atoms with Crippen LogP contribution in [0.2, 0.25) is 0 Å². The van der Waals surface area contributed by atoms with Gasteiger partial charge in [0.15, 0.2) is 0 Å². The molecule has 1 aromatic heterocycles. The first-order valence-electron chi connectivity index (χ1n) is 5.65. The van der Waals surface area contributed by atoms with Gasteiger partial charge in [-0.2, -0.15) is 0 Å². The highest BCUT2D eigenvalue weighted by atomic mass is 16.5. The predicted molar refractivity (Wildman–Crippen MR) is 61.2 cm³/mol. The zero-order chi connectivity index (χ0) is 12.4. The van der Waals surface area contributed by atoms with Crippen LogP contribution in [0.4, 0.5) is 0 Å². The van der Waals surface area contributed by atoms with Crippen molar-refractivity contribution in [3.8, 4) is 0 Å². The van der Waals surface area contributed by atoms with Gasteiger partial charge in [0.25, 0.3) is 5.56 Å². The van der Waals surface area contributed by atoms with E-state index < -0.39 is 5.97 Å². The van der Waals surface area contributed by atoms with Gasteiger partial charge < -0.3 is 14.4 Å². The van der Waals surface area contributed by atoms with Crippen molar-refractivity contribution in [2.45, 2.75) is 38.5 Å². The van der Waals surface area contributed by atoms with E-state index in [9.17, 15) is 9.59 Å². The number of carboxylic acids is 1. The smallest absolute Gasteiger partial charge is 0.335 e. The standard InChI is InChI=1S/C12H15NO4/c1-8-2-3-10(17-8)7-13-5-4-9(12(15)16)6-11(13)14/h4-6,8,10H,2-3,7H2,1H3,(H,15,16). The van der Waals surface area contributed by atoms with Crippen molar-refractivity contribution in [1.29, 1.82) is 0 Å². The molecule has 2 unspecified atom stereocenters. The fourth-order valence-electron chi connectivity index (χ4n) is 2.03. The maximum atomic E-state index is 11.7. The Bertz CT molecular complexity index is 480. The summed E-state index contributed by atoms with van der Waals surface area (Å²) >= 11 is 0. The van der Waals surface area contributed by atoms with E-state index in [-0.39, 0.29) is 23.3 Å². The molecule has 0 aliphatic carbocycles. The SMILES string of the molecule is CC1CCC(Cn2ccc(C(=O)O)cc2=O)O1. The van der Waals surface area contributed by atoms with Crippen LogP contribution in [0.1, 0.15) is 30.1 Å². The number of ether oxygens (including phenoxy) is 1. The van der Waals surface area contributed by atoms with E-state index in [1.165, 1.54) is 16.8 Å². The Morgan fingerprint density at radius 2 is 2.35 bits per heavy atom. The van der Waals surface area contributed by atoms with Gasteiger partial charge in [0.2, 0.25) is 0 Å². The van der Waals surface area contributed by atoms with Crippen LogP contribution in [0.3, 0.4) is 0 Å². The molecule has 92 valence electrons. The Morgan fingerprint density at radius 1 is 1.59 bits per heavy atom. The fraction of sp³-hybridized carbons (Fsp3) is 0.500. The summed E-state index contributed by atoms with van der Waals surface area (Å²) in [5, 5.41) is 8.75. The van der Waals surface area contributed by atoms with Crippen molar-refractivity contribution in [3.63, 3.8) is 0 Å². The van der Waals surface area contributed by atoms with Crippen LogP contribution in [-0.4, -0.2) is 27.9 Å². The van der Waals surface area contributed by atoms with Crippen molar-refractivity contribution in [3.05, 3.63) is 34.2 Å². The summed E-state index contributed by atoms with van der Waals surface area (Å²) in [7, 11) is 0. The number of carbonyl (C=O) groups is 1. The van der Waals surface area contributed by atoms with Crippen LogP contribution in [0.5, 0.6) is 0 Å². The summed E-state index contributed by atoms with van der Waals surface area (Å²) in [5.74, 6) is -1.08. The molecule has 2 heterocycles. The van der Waals surface area contributed by atoms with Gasteiger partial charge in [-0.1, -0.05) is 0 Å². The molecule has 0 saturated carbocycles. The van der Waals surface area contributed by atoms with Crippen molar-refractivity contribution in [2.75, 3.05) is 0 Å². The molecule has 0 amide bonds. The molecular formula is C12H15NO4. The van der Waals surface area contributed by atoms with E-state index in [0.29, 0.717) is 6.54 Å². The third-order valence-corrected chi connectivity index (χ3v) is 2.96. The van der Waals surface area contributed by atoms with Crippen LogP contribution >= 0.6 is 0 Å². The van der Waals surface area contributed by atoms with Gasteiger partial charge in [-0.25, -0.2) is 4.79 Å². The molecule has 0 bridgehead atoms. The predicted octanol–water partition coefficient (Wildman–Crippen LogP) is 1.11. The van der Waals surface area contributed by atoms with Crippen molar-refractivity contribution in [2.24, 2.45) is 0 Å². The molecule has 5 heteroatoms. The lowest BCUT2D eigenvalue weighted by Gasteiger charge is -2.12. The average molecular weight is 237 g/mol. The van der Waals surface area contributed by atoms with Crippen molar-refractivity contribution in [1.82, 2.24) is 4.57 Å². The highest BCUT2D eigenvalue weighted by Gasteiger charge is 2.22. The summed E-state index contributed by atoms with van der Waals surface area (Å²) in [6, 6.07) is 2.57. The molecule has 5 nitrogen and oxygen atoms in total. The van der Waals surface area contributed by atoms with Crippen LogP contribution in [0.25, 0.3) is 0 Å². The third kappa shape index (κ3) is 2.74. The molecular weight excluding hydrogens is 222 g/mol. The maximum absolute atomic E-state index is 11.7. The summed E-state index contributed by atoms with van der Waals surface area (Å²) in [6.07, 6.45) is 3.76. The Hall–Kier alpha value is -1.62. The van der Waals surface area contributed by atoms with Crippen LogP contribution in [0, 0.1) is 0 Å². The molecule has 1 aliphatic rings. The van der Waals surface area contributed by atoms with E-state index in [4.69, 9.17) is 9.84 Å². The summed E-state index contributed by atoms with van der Waals surface area (Å²) in [5.41, 5.74) is -0.278. The van der Waals surface area contributed by atoms with Gasteiger partial charge in [-0.05, 0) is 25.8 Å². The Balaban J connectivity index is 2.12. The van der Waals surface area contributed by atoms with Gasteiger partial charge in [-0.15, -0.1) is 0 Å². The molecule has 1 aliphatic heterocycles. The Morgan fingerprint density at radius 3 is 2.88 bits per heavy atom. The quantitative estimate of drug-likeness (QED) is 0.855. The largest absolute Gasteiger partial charge is 0.478 e. The minimum absolute atomic E-state index is 0.0203. The maximum Gasteiger partial charge on any atom is 0.335 e. The molecule has 17 heavy (non-hydrogen) atoms. The normalized spacial score (nSPS) is 23.8. The lowest BCUT2D eigenvalue weighted by atomic mass is 10.2. The molecule has 2 rings (SSSR count). The highest BCUT2D eigenvalue weighted by Crippen LogP contribution is 2.19. The van der Waals surface area contributed by atoms with Crippen LogP contribution in [0.15, 0.2) is 23.1 Å². The lowest BCUT2D eigenvalue weighted by Crippen LogP contribution is -2.26. The molecule has 0 aromatic carbocycles. The molecule has 1 saturated heterocycles. The number of aromatic nitrogens is 1. The summed E-state index contributed by atoms with van der Waals surface area (Å²) in [4.78, 5) is 22.3. The van der Waals surface area contributed by atoms with E-state index in [1.807, 2.05) is 6.92 Å². The molecule has 1 aromatic rings. The van der Waals surface area contributed by atoms with Crippen LogP contribution in [-0.2, 0) is 11.3 Å². The van der Waals surface area contributed by atoms with E-state index in [0.717, 1.165) is 18.9 Å². The van der Waals surface area contributed by atoms with Crippen molar-refractivity contribution >= 4 is 5.97 Å². The number of rotatable bonds is 3. The first-order valence-corrected chi connectivity index (χ1v) is 5.65. The number of nitrogens with zero attached hydrogens (tertiary/aromatic N) is 1. The lowest BCUT2D eigenvalue weighted by molar-refractivity contribution is 0.0452. The third-order valence-electron chi connectivity index (χ3n) is 2.96. The number of carboxylic acid groups (broad SMARTS) is 1. The van der Waals surface area contributed by atoms with Gasteiger partial charge in [0, 0.05) is 12.3 Å². The number of aromatic carboxylic acids is 1. The van der Waals surface area contributed by atoms with Crippen LogP contribution < -0.4 is 5.56 Å². The Kier molecular flexibility index (Phi) is 3.28. The average Bonchev–Trinajstić information content (AvgIpc) is 2.67. The minimum atomic E-state index is -1.08. The molecule has 2 atom stereocenters. The van der Waals surface area contributed by atoms with Crippen molar-refractivity contribution < 1.29 is 14.6 Å². The second-order valence-corrected chi connectivity index (χ2v) is 4.36. The fourth-order valence-corrected chi connectivity index (χ4v) is 2.03. The topological polar surface area (TPSA) is 68.5 Å². The van der Waals surface area contributed by atoms with Gasteiger partial charge in [-0.3, -0.25) is 4.79 Å². The van der Waals surface area contributed by atoms with Gasteiger partial charge in [0.1, 0.15) is 0 Å². The Labute approximate surface area is 98.6 Å². The first kappa shape index (κ1) is 11.9. The number of hydrogen-bond acceptors (Lipinski definition) is 3. The van der Waals surface area contributed by atoms with Gasteiger partial charge >= 0.3 is 5.97 Å². The summed E-state index contributed by atoms with van der Waals surface area (Å²) in [6.45, 7) is 2.50. The number of hydrogen-bond donors (Lipinski definition) is 1. The summed E-state index contributed by atoms with van der Waals surface area (Å²) < 4.78 is 7.12. The zero-order valence-corrected chi connectivity index (χ0v) is 9.63. The molecule has 0 spiro atoms. The van der Waals surface area contributed by atoms with E-state index in [2.05, 4.69) is 0 Å². The highest BCUT2D eigenvalue weighted by molar-refractivity contribution is 5.87. The molecule has 1 N–H and O–H groups in total. The number of pyridine rings is 1. The monoisotopic (exact) mass is 237 g/mol. The van der Waals surface area contributed by atoms with E-state index >= 15 is 0 Å². The van der Waals surface area contributed by atoms with E-state index in [1.54, 1.807) is 0 Å². The minimum Gasteiger partial charge on any atom is -0.478 e. The molecule has 0 radical (unpaired) electrons. The molecule has 1 fully saturated rings. The second-order valence-electron chi connectivity index (χ2n) is 4.36.